The lowest BCUT2D eigenvalue weighted by Crippen LogP contribution is -2.62. The average molecular weight is 476 g/mol. The summed E-state index contributed by atoms with van der Waals surface area (Å²) in [6.45, 7) is 9.17. The fraction of sp³-hybridized carbons (Fsp3) is 0.815. The summed E-state index contributed by atoms with van der Waals surface area (Å²) >= 11 is 0. The molecule has 190 valence electrons. The molecule has 4 aliphatic rings. The Balaban J connectivity index is 1.51. The van der Waals surface area contributed by atoms with Crippen LogP contribution in [-0.2, 0) is 19.1 Å². The molecule has 0 aromatic heterocycles. The van der Waals surface area contributed by atoms with Gasteiger partial charge in [0.25, 0.3) is 0 Å². The van der Waals surface area contributed by atoms with E-state index in [4.69, 9.17) is 4.74 Å². The van der Waals surface area contributed by atoms with Crippen LogP contribution in [0.4, 0.5) is 0 Å². The van der Waals surface area contributed by atoms with Gasteiger partial charge in [0.1, 0.15) is 5.60 Å². The van der Waals surface area contributed by atoms with Crippen LogP contribution in [0.15, 0.2) is 11.6 Å². The molecule has 3 fully saturated rings. The number of carbonyl (C=O) groups excluding carboxylic acids is 3. The van der Waals surface area contributed by atoms with E-state index in [1.807, 2.05) is 25.7 Å². The lowest BCUT2D eigenvalue weighted by atomic mass is 9.45. The largest absolute Gasteiger partial charge is 0.457 e. The van der Waals surface area contributed by atoms with Gasteiger partial charge in [-0.1, -0.05) is 33.3 Å². The minimum absolute atomic E-state index is 0.0306. The minimum atomic E-state index is -1.61. The Hall–Kier alpha value is -1.57. The standard InChI is InChI=1S/C27H41NO6/c1-5-28(6-2)15-23(32)34-16-22(31)27(33)12-10-20-19-8-7-17-13-18(29)9-11-25(17,3)24(19)21(30)14-26(20,27)4/h13,19-21,24,30,33H,5-12,14-16H2,1-4H3/t19?,20?,21-,24?,25-,26-,27-/m0/s1. The van der Waals surface area contributed by atoms with E-state index in [9.17, 15) is 24.6 Å². The Labute approximate surface area is 202 Å². The van der Waals surface area contributed by atoms with Gasteiger partial charge in [-0.2, -0.15) is 0 Å². The van der Waals surface area contributed by atoms with Crippen LogP contribution >= 0.6 is 0 Å². The van der Waals surface area contributed by atoms with E-state index < -0.39 is 35.5 Å². The maximum absolute atomic E-state index is 13.3. The first-order valence-corrected chi connectivity index (χ1v) is 13.1. The molecule has 0 amide bonds. The van der Waals surface area contributed by atoms with Crippen LogP contribution in [0.3, 0.4) is 0 Å². The molecule has 0 aliphatic heterocycles. The number of fused-ring (bicyclic) bond motifs is 5. The Bertz CT molecular complexity index is 880. The smallest absolute Gasteiger partial charge is 0.320 e. The Morgan fingerprint density at radius 3 is 2.53 bits per heavy atom. The average Bonchev–Trinajstić information content (AvgIpc) is 3.07. The second-order valence-corrected chi connectivity index (χ2v) is 11.5. The molecule has 7 nitrogen and oxygen atoms in total. The number of aliphatic hydroxyl groups excluding tert-OH is 1. The summed E-state index contributed by atoms with van der Waals surface area (Å²) in [7, 11) is 0. The van der Waals surface area contributed by atoms with Gasteiger partial charge in [0.05, 0.1) is 12.6 Å². The molecule has 0 aromatic carbocycles. The van der Waals surface area contributed by atoms with Gasteiger partial charge in [0.15, 0.2) is 12.4 Å². The maximum Gasteiger partial charge on any atom is 0.320 e. The van der Waals surface area contributed by atoms with E-state index in [2.05, 4.69) is 6.92 Å². The number of hydrogen-bond acceptors (Lipinski definition) is 7. The zero-order chi connectivity index (χ0) is 24.9. The third-order valence-corrected chi connectivity index (χ3v) is 10.1. The van der Waals surface area contributed by atoms with Gasteiger partial charge in [-0.3, -0.25) is 19.3 Å². The topological polar surface area (TPSA) is 104 Å². The van der Waals surface area contributed by atoms with Crippen LogP contribution in [0.2, 0.25) is 0 Å². The first kappa shape index (κ1) is 25.5. The number of carbonyl (C=O) groups is 3. The summed E-state index contributed by atoms with van der Waals surface area (Å²) < 4.78 is 5.28. The molecule has 0 heterocycles. The molecule has 3 unspecified atom stereocenters. The van der Waals surface area contributed by atoms with E-state index in [1.54, 1.807) is 6.08 Å². The lowest BCUT2D eigenvalue weighted by molar-refractivity contribution is -0.184. The van der Waals surface area contributed by atoms with Crippen molar-refractivity contribution in [1.82, 2.24) is 4.90 Å². The summed E-state index contributed by atoms with van der Waals surface area (Å²) in [6.07, 6.45) is 5.49. The highest BCUT2D eigenvalue weighted by Gasteiger charge is 2.68. The van der Waals surface area contributed by atoms with Gasteiger partial charge in [0, 0.05) is 11.8 Å². The highest BCUT2D eigenvalue weighted by molar-refractivity contribution is 5.92. The highest BCUT2D eigenvalue weighted by atomic mass is 16.5. The van der Waals surface area contributed by atoms with Crippen LogP contribution in [0.5, 0.6) is 0 Å². The van der Waals surface area contributed by atoms with Crippen molar-refractivity contribution in [1.29, 1.82) is 0 Å². The number of hydrogen-bond donors (Lipinski definition) is 2. The van der Waals surface area contributed by atoms with Crippen molar-refractivity contribution in [2.75, 3.05) is 26.2 Å². The van der Waals surface area contributed by atoms with E-state index in [0.29, 0.717) is 38.8 Å². The van der Waals surface area contributed by atoms with Gasteiger partial charge in [-0.15, -0.1) is 0 Å². The third kappa shape index (κ3) is 3.88. The molecule has 2 N–H and O–H groups in total. The summed E-state index contributed by atoms with van der Waals surface area (Å²) in [6, 6.07) is 0. The highest BCUT2D eigenvalue weighted by Crippen LogP contribution is 2.67. The molecule has 7 heteroatoms. The first-order chi connectivity index (χ1) is 16.0. The number of nitrogens with zero attached hydrogens (tertiary/aromatic N) is 1. The van der Waals surface area contributed by atoms with Crippen molar-refractivity contribution in [3.05, 3.63) is 11.6 Å². The number of likely N-dealkylation sites (N-methyl/N-ethyl adjacent to an activating group) is 1. The Morgan fingerprint density at radius 1 is 1.15 bits per heavy atom. The van der Waals surface area contributed by atoms with Crippen LogP contribution in [0.25, 0.3) is 0 Å². The SMILES string of the molecule is CCN(CC)CC(=O)OCC(=O)[C@@]1(O)CCC2C3CCC4=CC(=O)CC[C@]4(C)C3[C@@H](O)C[C@@]21C. The normalized spacial score (nSPS) is 41.4. The number of ether oxygens (including phenoxy) is 1. The van der Waals surface area contributed by atoms with E-state index in [0.717, 1.165) is 24.8 Å². The molecule has 0 aromatic rings. The summed E-state index contributed by atoms with van der Waals surface area (Å²) in [5.41, 5.74) is -1.42. The van der Waals surface area contributed by atoms with Crippen LogP contribution in [0.1, 0.15) is 72.6 Å². The van der Waals surface area contributed by atoms with Gasteiger partial charge >= 0.3 is 5.97 Å². The van der Waals surface area contributed by atoms with Gasteiger partial charge in [0.2, 0.25) is 5.78 Å². The van der Waals surface area contributed by atoms with Crippen LogP contribution < -0.4 is 0 Å². The second-order valence-electron chi connectivity index (χ2n) is 11.5. The fourth-order valence-electron chi connectivity index (χ4n) is 8.09. The Kier molecular flexibility index (Phi) is 6.86. The molecule has 0 radical (unpaired) electrons. The molecular weight excluding hydrogens is 434 g/mol. The molecule has 4 rings (SSSR count). The van der Waals surface area contributed by atoms with Crippen molar-refractivity contribution in [3.63, 3.8) is 0 Å². The molecule has 7 atom stereocenters. The van der Waals surface area contributed by atoms with E-state index in [-0.39, 0.29) is 35.5 Å². The van der Waals surface area contributed by atoms with E-state index >= 15 is 0 Å². The number of rotatable bonds is 7. The maximum atomic E-state index is 13.3. The number of Topliss-reactive ketones (excluding diaryl/α,β-unsaturated/α-hetero) is 1. The molecule has 4 aliphatic carbocycles. The van der Waals surface area contributed by atoms with E-state index in [1.165, 1.54) is 0 Å². The number of aliphatic hydroxyl groups is 2. The number of ketones is 2. The van der Waals surface area contributed by atoms with Crippen molar-refractivity contribution in [2.24, 2.45) is 28.6 Å². The molecule has 0 saturated heterocycles. The lowest BCUT2D eigenvalue weighted by Gasteiger charge is -2.60. The van der Waals surface area contributed by atoms with Gasteiger partial charge < -0.3 is 14.9 Å². The predicted molar refractivity (Wildman–Crippen MR) is 127 cm³/mol. The van der Waals surface area contributed by atoms with Crippen molar-refractivity contribution in [2.45, 2.75) is 84.3 Å². The summed E-state index contributed by atoms with van der Waals surface area (Å²) in [5.74, 6) is -0.411. The number of allylic oxidation sites excluding steroid dienone is 1. The zero-order valence-electron chi connectivity index (χ0n) is 21.1. The first-order valence-electron chi connectivity index (χ1n) is 13.1. The molecule has 34 heavy (non-hydrogen) atoms. The van der Waals surface area contributed by atoms with Gasteiger partial charge in [-0.05, 0) is 80.9 Å². The molecule has 3 saturated carbocycles. The molecule has 0 spiro atoms. The van der Waals surface area contributed by atoms with Crippen molar-refractivity contribution < 1.29 is 29.3 Å². The monoisotopic (exact) mass is 475 g/mol. The number of esters is 1. The third-order valence-electron chi connectivity index (χ3n) is 10.1. The molecular formula is C27H41NO6. The van der Waals surface area contributed by atoms with Crippen molar-refractivity contribution in [3.8, 4) is 0 Å². The quantitative estimate of drug-likeness (QED) is 0.546. The van der Waals surface area contributed by atoms with Crippen molar-refractivity contribution >= 4 is 17.5 Å². The van der Waals surface area contributed by atoms with Gasteiger partial charge in [-0.25, -0.2) is 0 Å². The molecule has 0 bridgehead atoms. The minimum Gasteiger partial charge on any atom is -0.457 e. The summed E-state index contributed by atoms with van der Waals surface area (Å²) in [5, 5.41) is 23.2. The second kappa shape index (κ2) is 9.14. The van der Waals surface area contributed by atoms with Crippen LogP contribution in [-0.4, -0.2) is 70.6 Å². The summed E-state index contributed by atoms with van der Waals surface area (Å²) in [4.78, 5) is 39.5. The predicted octanol–water partition coefficient (Wildman–Crippen LogP) is 2.67. The Morgan fingerprint density at radius 2 is 1.85 bits per heavy atom. The fourth-order valence-corrected chi connectivity index (χ4v) is 8.09. The van der Waals surface area contributed by atoms with Crippen LogP contribution in [0, 0.1) is 28.6 Å². The zero-order valence-corrected chi connectivity index (χ0v) is 21.1.